The summed E-state index contributed by atoms with van der Waals surface area (Å²) in [5, 5.41) is 0. The zero-order valence-electron chi connectivity index (χ0n) is 6.45. The van der Waals surface area contributed by atoms with Gasteiger partial charge in [-0.2, -0.15) is 0 Å². The van der Waals surface area contributed by atoms with E-state index < -0.39 is 10.9 Å². The molecule has 0 unspecified atom stereocenters. The average molecular weight is 306 g/mol. The maximum atomic E-state index is 10.2. The number of anilines is 1. The van der Waals surface area contributed by atoms with Crippen molar-refractivity contribution in [3.8, 4) is 0 Å². The van der Waals surface area contributed by atoms with E-state index in [1.165, 1.54) is 0 Å². The Morgan fingerprint density at radius 1 is 1.17 bits per heavy atom. The molecule has 0 saturated carbocycles. The second-order valence-electron chi connectivity index (χ2n) is 1.88. The summed E-state index contributed by atoms with van der Waals surface area (Å²) in [5.74, 6) is 0. The van der Waals surface area contributed by atoms with Crippen LogP contribution >= 0.6 is 22.6 Å². The quantitative estimate of drug-likeness (QED) is 0.483. The minimum atomic E-state index is -2.54. The molecule has 0 bridgehead atoms. The van der Waals surface area contributed by atoms with Gasteiger partial charge in [0, 0.05) is 38.8 Å². The van der Waals surface area contributed by atoms with Crippen molar-refractivity contribution in [2.45, 2.75) is 0 Å². The molecule has 0 fully saturated rings. The summed E-state index contributed by atoms with van der Waals surface area (Å²) in [4.78, 5) is 0. The van der Waals surface area contributed by atoms with Crippen LogP contribution < -0.4 is 4.72 Å². The molecule has 0 atom stereocenters. The normalized spacial score (nSPS) is 9.17. The molecule has 0 saturated heterocycles. The molecule has 0 amide bonds. The largest absolute Gasteiger partial charge is 0.286 e. The Hall–Kier alpha value is 0.700. The standard InChI is InChI=1S/C6H6INO2S.Na/c7-5-1-3-6(4-2-5)8-11(9)10;/h1-4,11H,(H,8,9,10);. The Morgan fingerprint density at radius 2 is 1.67 bits per heavy atom. The van der Waals surface area contributed by atoms with Gasteiger partial charge in [0.2, 0.25) is 10.9 Å². The van der Waals surface area contributed by atoms with Gasteiger partial charge < -0.3 is 0 Å². The van der Waals surface area contributed by atoms with Gasteiger partial charge in [-0.1, -0.05) is 0 Å². The first kappa shape index (κ1) is 12.7. The third-order valence-corrected chi connectivity index (χ3v) is 2.22. The molecule has 0 aliphatic rings. The molecule has 1 aromatic carbocycles. The van der Waals surface area contributed by atoms with Crippen molar-refractivity contribution >= 4 is 68.7 Å². The smallest absolute Gasteiger partial charge is 0.222 e. The molecule has 12 heavy (non-hydrogen) atoms. The van der Waals surface area contributed by atoms with Crippen molar-refractivity contribution in [1.29, 1.82) is 0 Å². The van der Waals surface area contributed by atoms with Gasteiger partial charge in [-0.05, 0) is 46.9 Å². The van der Waals surface area contributed by atoms with Crippen LogP contribution in [0.15, 0.2) is 24.3 Å². The summed E-state index contributed by atoms with van der Waals surface area (Å²) < 4.78 is 23.7. The predicted octanol–water partition coefficient (Wildman–Crippen LogP) is 0.849. The number of nitrogens with one attached hydrogen (secondary N) is 1. The van der Waals surface area contributed by atoms with Gasteiger partial charge >= 0.3 is 0 Å². The van der Waals surface area contributed by atoms with Crippen LogP contribution in [0.2, 0.25) is 0 Å². The van der Waals surface area contributed by atoms with Gasteiger partial charge in [-0.25, -0.2) is 8.42 Å². The summed E-state index contributed by atoms with van der Waals surface area (Å²) in [6, 6.07) is 7.10. The summed E-state index contributed by atoms with van der Waals surface area (Å²) in [6.45, 7) is 0. The molecule has 0 spiro atoms. The van der Waals surface area contributed by atoms with E-state index >= 15 is 0 Å². The van der Waals surface area contributed by atoms with Crippen molar-refractivity contribution in [2.24, 2.45) is 0 Å². The van der Waals surface area contributed by atoms with E-state index in [-0.39, 0.29) is 29.6 Å². The zero-order valence-corrected chi connectivity index (χ0v) is 11.5. The van der Waals surface area contributed by atoms with Crippen molar-refractivity contribution in [3.05, 3.63) is 27.8 Å². The molecule has 1 radical (unpaired) electrons. The molecule has 1 aromatic rings. The number of benzene rings is 1. The van der Waals surface area contributed by atoms with Crippen LogP contribution in [0.25, 0.3) is 0 Å². The van der Waals surface area contributed by atoms with Crippen molar-refractivity contribution in [3.63, 3.8) is 0 Å². The maximum absolute atomic E-state index is 10.2. The van der Waals surface area contributed by atoms with Crippen LogP contribution in [-0.4, -0.2) is 38.0 Å². The van der Waals surface area contributed by atoms with E-state index in [0.29, 0.717) is 5.69 Å². The van der Waals surface area contributed by atoms with Crippen LogP contribution in [-0.2, 0) is 10.9 Å². The van der Waals surface area contributed by atoms with E-state index in [0.717, 1.165) is 3.57 Å². The third-order valence-electron chi connectivity index (χ3n) is 1.06. The van der Waals surface area contributed by atoms with Crippen LogP contribution in [0.3, 0.4) is 0 Å². The fourth-order valence-corrected chi connectivity index (χ4v) is 1.35. The van der Waals surface area contributed by atoms with Crippen LogP contribution in [0.4, 0.5) is 5.69 Å². The molecule has 0 aliphatic carbocycles. The predicted molar refractivity (Wildman–Crippen MR) is 58.9 cm³/mol. The molecule has 0 heterocycles. The summed E-state index contributed by atoms with van der Waals surface area (Å²) in [7, 11) is -2.54. The van der Waals surface area contributed by atoms with Crippen molar-refractivity contribution < 1.29 is 8.42 Å². The number of thiol groups is 1. The monoisotopic (exact) mass is 306 g/mol. The number of hydrogen-bond acceptors (Lipinski definition) is 2. The fraction of sp³-hybridized carbons (Fsp3) is 0. The Balaban J connectivity index is 0.00000121. The molecular weight excluding hydrogens is 300 g/mol. The van der Waals surface area contributed by atoms with E-state index in [1.54, 1.807) is 12.1 Å². The topological polar surface area (TPSA) is 46.2 Å². The Labute approximate surface area is 108 Å². The SMILES string of the molecule is O=[SH](=O)Nc1ccc(I)cc1.[Na]. The summed E-state index contributed by atoms with van der Waals surface area (Å²) in [5.41, 5.74) is 0.599. The first-order valence-electron chi connectivity index (χ1n) is 2.85. The van der Waals surface area contributed by atoms with Gasteiger partial charge in [0.15, 0.2) is 0 Å². The molecule has 61 valence electrons. The molecule has 0 aliphatic heterocycles. The Kier molecular flexibility index (Phi) is 6.56. The first-order chi connectivity index (χ1) is 5.18. The number of rotatable bonds is 2. The minimum Gasteiger partial charge on any atom is -0.286 e. The summed E-state index contributed by atoms with van der Waals surface area (Å²) >= 11 is 2.15. The van der Waals surface area contributed by atoms with Gasteiger partial charge in [0.1, 0.15) is 0 Å². The molecule has 3 nitrogen and oxygen atoms in total. The van der Waals surface area contributed by atoms with Crippen LogP contribution in [0, 0.1) is 3.57 Å². The van der Waals surface area contributed by atoms with E-state index in [4.69, 9.17) is 0 Å². The van der Waals surface area contributed by atoms with Gasteiger partial charge in [-0.3, -0.25) is 4.72 Å². The van der Waals surface area contributed by atoms with Gasteiger partial charge in [0.25, 0.3) is 0 Å². The maximum Gasteiger partial charge on any atom is 0.222 e. The average Bonchev–Trinajstić information content (AvgIpc) is 1.93. The molecule has 1 N–H and O–H groups in total. The fourth-order valence-electron chi connectivity index (χ4n) is 0.630. The molecule has 6 heteroatoms. The van der Waals surface area contributed by atoms with Crippen molar-refractivity contribution in [1.82, 2.24) is 0 Å². The van der Waals surface area contributed by atoms with Crippen LogP contribution in [0.5, 0.6) is 0 Å². The van der Waals surface area contributed by atoms with Crippen LogP contribution in [0.1, 0.15) is 0 Å². The molecular formula is C6H6INNaO2S. The Bertz CT molecular complexity index is 304. The van der Waals surface area contributed by atoms with E-state index in [9.17, 15) is 8.42 Å². The number of halogens is 1. The molecule has 1 rings (SSSR count). The summed E-state index contributed by atoms with van der Waals surface area (Å²) in [6.07, 6.45) is 0. The Morgan fingerprint density at radius 3 is 2.08 bits per heavy atom. The van der Waals surface area contributed by atoms with Gasteiger partial charge in [0.05, 0.1) is 0 Å². The minimum absolute atomic E-state index is 0. The van der Waals surface area contributed by atoms with Crippen molar-refractivity contribution in [2.75, 3.05) is 4.72 Å². The second-order valence-corrected chi connectivity index (χ2v) is 3.86. The first-order valence-corrected chi connectivity index (χ1v) is 5.11. The zero-order chi connectivity index (χ0) is 8.27. The van der Waals surface area contributed by atoms with Gasteiger partial charge in [-0.15, -0.1) is 0 Å². The van der Waals surface area contributed by atoms with E-state index in [2.05, 4.69) is 27.3 Å². The van der Waals surface area contributed by atoms with E-state index in [1.807, 2.05) is 12.1 Å². The molecule has 0 aromatic heterocycles. The third kappa shape index (κ3) is 4.66. The second kappa shape index (κ2) is 6.20. The number of hydrogen-bond donors (Lipinski definition) is 2.